The van der Waals surface area contributed by atoms with Crippen molar-refractivity contribution in [1.29, 1.82) is 0 Å². The summed E-state index contributed by atoms with van der Waals surface area (Å²) >= 11 is 0. The molecule has 1 aromatic carbocycles. The molecule has 0 amide bonds. The predicted molar refractivity (Wildman–Crippen MR) is 73.8 cm³/mol. The van der Waals surface area contributed by atoms with Gasteiger partial charge in [-0.2, -0.15) is 0 Å². The molecule has 0 saturated heterocycles. The van der Waals surface area contributed by atoms with E-state index in [4.69, 9.17) is 14.6 Å². The van der Waals surface area contributed by atoms with E-state index in [9.17, 15) is 0 Å². The highest BCUT2D eigenvalue weighted by Crippen LogP contribution is 2.28. The van der Waals surface area contributed by atoms with Crippen LogP contribution in [0.3, 0.4) is 0 Å². The molecule has 0 aliphatic carbocycles. The number of hydrogen-bond donors (Lipinski definition) is 1. The lowest BCUT2D eigenvalue weighted by atomic mass is 10.2. The number of hydrogen-bond acceptors (Lipinski definition) is 4. The minimum Gasteiger partial charge on any atom is -0.453 e. The highest BCUT2D eigenvalue weighted by Gasteiger charge is 2.11. The first-order valence-corrected chi connectivity index (χ1v) is 6.41. The molecular formula is C15H16N2O2. The van der Waals surface area contributed by atoms with Crippen LogP contribution in [0.5, 0.6) is 0 Å². The van der Waals surface area contributed by atoms with E-state index in [-0.39, 0.29) is 0 Å². The second kappa shape index (κ2) is 4.90. The number of nitrogens with two attached hydrogens (primary N) is 1. The molecule has 3 aromatic rings. The van der Waals surface area contributed by atoms with Gasteiger partial charge in [-0.15, -0.1) is 0 Å². The van der Waals surface area contributed by atoms with Crippen molar-refractivity contribution in [2.24, 2.45) is 5.73 Å². The molecule has 0 fully saturated rings. The van der Waals surface area contributed by atoms with Gasteiger partial charge in [0.1, 0.15) is 5.58 Å². The van der Waals surface area contributed by atoms with Crippen LogP contribution in [0.4, 0.5) is 0 Å². The SMILES string of the molecule is Cc1ccc2oc(-c3cnc(CCCN)o3)cc2c1. The minimum absolute atomic E-state index is 0.641. The molecule has 4 heteroatoms. The van der Waals surface area contributed by atoms with Crippen molar-refractivity contribution in [3.05, 3.63) is 41.9 Å². The van der Waals surface area contributed by atoms with Gasteiger partial charge in [0.2, 0.25) is 0 Å². The Bertz CT molecular complexity index is 697. The number of oxazole rings is 1. The molecule has 98 valence electrons. The maximum atomic E-state index is 5.77. The largest absolute Gasteiger partial charge is 0.453 e. The van der Waals surface area contributed by atoms with E-state index in [0.29, 0.717) is 24.0 Å². The third-order valence-electron chi connectivity index (χ3n) is 3.06. The van der Waals surface area contributed by atoms with Crippen LogP contribution in [0.1, 0.15) is 17.9 Å². The van der Waals surface area contributed by atoms with E-state index >= 15 is 0 Å². The lowest BCUT2D eigenvalue weighted by Crippen LogP contribution is -2.00. The molecule has 0 saturated carbocycles. The molecule has 0 bridgehead atoms. The normalized spacial score (nSPS) is 11.3. The Morgan fingerprint density at radius 3 is 2.89 bits per heavy atom. The fraction of sp³-hybridized carbons (Fsp3) is 0.267. The highest BCUT2D eigenvalue weighted by atomic mass is 16.4. The average molecular weight is 256 g/mol. The summed E-state index contributed by atoms with van der Waals surface area (Å²) in [5.41, 5.74) is 7.54. The lowest BCUT2D eigenvalue weighted by Gasteiger charge is -1.91. The van der Waals surface area contributed by atoms with Gasteiger partial charge in [0.05, 0.1) is 6.20 Å². The van der Waals surface area contributed by atoms with Crippen LogP contribution in [0.2, 0.25) is 0 Å². The molecule has 0 radical (unpaired) electrons. The first kappa shape index (κ1) is 12.0. The van der Waals surface area contributed by atoms with Crippen molar-refractivity contribution in [2.75, 3.05) is 6.54 Å². The van der Waals surface area contributed by atoms with Crippen LogP contribution in [-0.4, -0.2) is 11.5 Å². The topological polar surface area (TPSA) is 65.2 Å². The van der Waals surface area contributed by atoms with Gasteiger partial charge in [-0.25, -0.2) is 4.98 Å². The third kappa shape index (κ3) is 2.39. The Balaban J connectivity index is 1.92. The fourth-order valence-electron chi connectivity index (χ4n) is 2.08. The number of furan rings is 1. The van der Waals surface area contributed by atoms with E-state index < -0.39 is 0 Å². The van der Waals surface area contributed by atoms with Crippen LogP contribution >= 0.6 is 0 Å². The zero-order valence-corrected chi connectivity index (χ0v) is 10.8. The number of aryl methyl sites for hydroxylation is 2. The Morgan fingerprint density at radius 2 is 2.05 bits per heavy atom. The molecule has 19 heavy (non-hydrogen) atoms. The van der Waals surface area contributed by atoms with Gasteiger partial charge < -0.3 is 14.6 Å². The van der Waals surface area contributed by atoms with Gasteiger partial charge in [0, 0.05) is 11.8 Å². The first-order valence-electron chi connectivity index (χ1n) is 6.41. The maximum absolute atomic E-state index is 5.77. The van der Waals surface area contributed by atoms with Crippen LogP contribution in [0.15, 0.2) is 39.3 Å². The maximum Gasteiger partial charge on any atom is 0.195 e. The van der Waals surface area contributed by atoms with Crippen LogP contribution in [-0.2, 0) is 6.42 Å². The third-order valence-corrected chi connectivity index (χ3v) is 3.06. The Morgan fingerprint density at radius 1 is 1.16 bits per heavy atom. The molecule has 0 atom stereocenters. The first-order chi connectivity index (χ1) is 9.26. The molecule has 2 aromatic heterocycles. The zero-order chi connectivity index (χ0) is 13.2. The molecule has 2 N–H and O–H groups in total. The number of nitrogens with zero attached hydrogens (tertiary/aromatic N) is 1. The Hall–Kier alpha value is -2.07. The molecule has 0 aliphatic heterocycles. The van der Waals surface area contributed by atoms with Gasteiger partial charge >= 0.3 is 0 Å². The smallest absolute Gasteiger partial charge is 0.195 e. The van der Waals surface area contributed by atoms with E-state index in [2.05, 4.69) is 18.0 Å². The highest BCUT2D eigenvalue weighted by molar-refractivity contribution is 5.82. The molecular weight excluding hydrogens is 240 g/mol. The Labute approximate surface area is 111 Å². The molecule has 0 spiro atoms. The van der Waals surface area contributed by atoms with Crippen molar-refractivity contribution in [3.63, 3.8) is 0 Å². The monoisotopic (exact) mass is 256 g/mol. The van der Waals surface area contributed by atoms with Crippen molar-refractivity contribution in [2.45, 2.75) is 19.8 Å². The molecule has 4 nitrogen and oxygen atoms in total. The van der Waals surface area contributed by atoms with Crippen molar-refractivity contribution in [1.82, 2.24) is 4.98 Å². The van der Waals surface area contributed by atoms with Gasteiger partial charge in [0.25, 0.3) is 0 Å². The summed E-state index contributed by atoms with van der Waals surface area (Å²) in [6.45, 7) is 2.70. The lowest BCUT2D eigenvalue weighted by molar-refractivity contribution is 0.483. The average Bonchev–Trinajstić information content (AvgIpc) is 3.01. The van der Waals surface area contributed by atoms with Gasteiger partial charge in [-0.05, 0) is 38.1 Å². The molecule has 2 heterocycles. The second-order valence-corrected chi connectivity index (χ2v) is 4.66. The number of rotatable bonds is 4. The molecule has 0 unspecified atom stereocenters. The summed E-state index contributed by atoms with van der Waals surface area (Å²) < 4.78 is 11.4. The van der Waals surface area contributed by atoms with E-state index in [1.165, 1.54) is 5.56 Å². The Kier molecular flexibility index (Phi) is 3.09. The van der Waals surface area contributed by atoms with E-state index in [0.717, 1.165) is 23.8 Å². The number of fused-ring (bicyclic) bond motifs is 1. The van der Waals surface area contributed by atoms with Crippen molar-refractivity contribution in [3.8, 4) is 11.5 Å². The number of benzene rings is 1. The summed E-state index contributed by atoms with van der Waals surface area (Å²) in [4.78, 5) is 4.24. The van der Waals surface area contributed by atoms with Gasteiger partial charge in [-0.1, -0.05) is 11.6 Å². The van der Waals surface area contributed by atoms with E-state index in [1.807, 2.05) is 18.2 Å². The van der Waals surface area contributed by atoms with Crippen LogP contribution < -0.4 is 5.73 Å². The van der Waals surface area contributed by atoms with E-state index in [1.54, 1.807) is 6.20 Å². The number of aromatic nitrogens is 1. The standard InChI is InChI=1S/C15H16N2O2/c1-10-4-5-12-11(7-10)8-13(18-12)14-9-17-15(19-14)3-2-6-16/h4-5,7-9H,2-3,6,16H2,1H3. The molecule has 3 rings (SSSR count). The second-order valence-electron chi connectivity index (χ2n) is 4.66. The summed E-state index contributed by atoms with van der Waals surface area (Å²) in [5.74, 6) is 2.09. The summed E-state index contributed by atoms with van der Waals surface area (Å²) in [7, 11) is 0. The zero-order valence-electron chi connectivity index (χ0n) is 10.8. The van der Waals surface area contributed by atoms with Crippen molar-refractivity contribution >= 4 is 11.0 Å². The van der Waals surface area contributed by atoms with Gasteiger partial charge in [0.15, 0.2) is 17.4 Å². The van der Waals surface area contributed by atoms with Gasteiger partial charge in [-0.3, -0.25) is 0 Å². The minimum atomic E-state index is 0.641. The van der Waals surface area contributed by atoms with Crippen LogP contribution in [0.25, 0.3) is 22.5 Å². The van der Waals surface area contributed by atoms with Crippen LogP contribution in [0, 0.1) is 6.92 Å². The summed E-state index contributed by atoms with van der Waals surface area (Å²) in [6, 6.07) is 8.08. The quantitative estimate of drug-likeness (QED) is 0.778. The van der Waals surface area contributed by atoms with Crippen molar-refractivity contribution < 1.29 is 8.83 Å². The fourth-order valence-corrected chi connectivity index (χ4v) is 2.08. The summed E-state index contributed by atoms with van der Waals surface area (Å²) in [5, 5.41) is 1.08. The molecule has 0 aliphatic rings. The predicted octanol–water partition coefficient (Wildman–Crippen LogP) is 3.29. The summed E-state index contributed by atoms with van der Waals surface area (Å²) in [6.07, 6.45) is 3.34.